The molecule has 0 saturated carbocycles. The van der Waals surface area contributed by atoms with Gasteiger partial charge in [-0.15, -0.1) is 0 Å². The van der Waals surface area contributed by atoms with Gasteiger partial charge in [-0.1, -0.05) is 150 Å². The Labute approximate surface area is 575 Å². The second-order valence-corrected chi connectivity index (χ2v) is 35.5. The van der Waals surface area contributed by atoms with Gasteiger partial charge in [0.05, 0.1) is 46.3 Å². The van der Waals surface area contributed by atoms with Gasteiger partial charge in [-0.2, -0.15) is 0 Å². The van der Waals surface area contributed by atoms with Gasteiger partial charge in [-0.25, -0.2) is 8.78 Å². The van der Waals surface area contributed by atoms with Crippen molar-refractivity contribution < 1.29 is 32.5 Å². The Kier molecular flexibility index (Phi) is 18.4. The molecular formula is C88H124F2O5. The van der Waals surface area contributed by atoms with Crippen molar-refractivity contribution in [3.8, 4) is 0 Å². The standard InChI is InChI=1S/C15H18.C13H22O.C13H14.C12H20O.C10H16O.C9H12.C8H10F2O.C8H12O/c1-10-11(2)15(4)9-14(10,3)12-7-5-6-8-13(12)15;1-9-10(2)13(11(3,4)5)8-7-12(9,6)14-13;1-8-9(2)13-7-12(8)10-5-3-4-6-11(10)13;1-8-9(2)12(11(3,4)5)7-6-10(8)13-12;1-7-8(2)10(4)6-5-9(7,3)11-10;1-6-7(2)9-4-3-8(6)5-9;1-5-6(2)8(10)4-3-7(5,9)11-8;1-5-6(2)8-4-3-7(5)9-8/h5-8H,9H2,1-4H3;7-8H2,1-6H3;3-6,12-13H,7H2,1-2H3;10H,6-7H2,1-5H3;5-6H2,1-4H3;3-4,8-9H,5H2,1-2H3;3-4H2,1-2H3;7-8H,3-4H2,1-2H3. The van der Waals surface area contributed by atoms with Crippen molar-refractivity contribution in [2.45, 2.75) is 351 Å². The molecule has 5 fully saturated rings. The molecule has 16 bridgehead atoms. The third-order valence-electron chi connectivity index (χ3n) is 29.3. The Morgan fingerprint density at radius 2 is 0.779 bits per heavy atom. The van der Waals surface area contributed by atoms with Crippen LogP contribution in [-0.4, -0.2) is 58.0 Å². The van der Waals surface area contributed by atoms with Crippen LogP contribution in [0, 0.1) is 22.7 Å². The summed E-state index contributed by atoms with van der Waals surface area (Å²) in [5.41, 5.74) is 30.1. The van der Waals surface area contributed by atoms with E-state index in [1.807, 2.05) is 0 Å². The molecule has 6 aliphatic carbocycles. The van der Waals surface area contributed by atoms with E-state index in [1.54, 1.807) is 69.5 Å². The van der Waals surface area contributed by atoms with Crippen molar-refractivity contribution in [3.05, 3.63) is 172 Å². The van der Waals surface area contributed by atoms with E-state index in [1.165, 1.54) is 115 Å². The van der Waals surface area contributed by atoms with Gasteiger partial charge in [-0.05, 0) is 303 Å². The molecule has 0 amide bonds. The van der Waals surface area contributed by atoms with Gasteiger partial charge in [-0.3, -0.25) is 0 Å². The van der Waals surface area contributed by atoms with Crippen molar-refractivity contribution in [3.63, 3.8) is 0 Å². The van der Waals surface area contributed by atoms with Crippen molar-refractivity contribution in [1.29, 1.82) is 0 Å². The number of rotatable bonds is 0. The van der Waals surface area contributed by atoms with Crippen molar-refractivity contribution in [2.24, 2.45) is 22.7 Å². The lowest BCUT2D eigenvalue weighted by atomic mass is 9.67. The zero-order valence-electron chi connectivity index (χ0n) is 64.3. The highest BCUT2D eigenvalue weighted by Crippen LogP contribution is 2.64. The first-order chi connectivity index (χ1) is 43.9. The van der Waals surface area contributed by atoms with Crippen LogP contribution in [0.3, 0.4) is 0 Å². The minimum atomic E-state index is -1.79. The molecule has 5 nitrogen and oxygen atoms in total. The normalized spacial score (nSPS) is 40.5. The van der Waals surface area contributed by atoms with Gasteiger partial charge in [0.15, 0.2) is 0 Å². The second-order valence-electron chi connectivity index (χ2n) is 35.5. The highest BCUT2D eigenvalue weighted by atomic mass is 19.2. The molecule has 16 atom stereocenters. The summed E-state index contributed by atoms with van der Waals surface area (Å²) in [5.74, 6) is -0.454. The number of halogens is 2. The van der Waals surface area contributed by atoms with Gasteiger partial charge in [0.25, 0.3) is 0 Å². The van der Waals surface area contributed by atoms with Gasteiger partial charge in [0.1, 0.15) is 0 Å². The number of hydrogen-bond donors (Lipinski definition) is 0. The van der Waals surface area contributed by atoms with Gasteiger partial charge in [0.2, 0.25) is 11.7 Å². The molecule has 10 aliphatic heterocycles. The number of alkyl halides is 2. The minimum Gasteiger partial charge on any atom is -0.366 e. The molecule has 2 aromatic carbocycles. The zero-order valence-corrected chi connectivity index (χ0v) is 64.3. The first kappa shape index (κ1) is 72.0. The van der Waals surface area contributed by atoms with Gasteiger partial charge >= 0.3 is 0 Å². The van der Waals surface area contributed by atoms with Gasteiger partial charge in [0, 0.05) is 35.5 Å². The highest BCUT2D eigenvalue weighted by Gasteiger charge is 2.62. The molecule has 0 radical (unpaired) electrons. The molecule has 10 heterocycles. The fourth-order valence-corrected chi connectivity index (χ4v) is 20.9. The van der Waals surface area contributed by atoms with Crippen LogP contribution in [-0.2, 0) is 34.5 Å². The van der Waals surface area contributed by atoms with Crippen LogP contribution in [0.4, 0.5) is 8.78 Å². The van der Waals surface area contributed by atoms with Crippen molar-refractivity contribution in [2.75, 3.05) is 0 Å². The summed E-state index contributed by atoms with van der Waals surface area (Å²) < 4.78 is 55.7. The zero-order chi connectivity index (χ0) is 69.9. The molecule has 2 aromatic rings. The van der Waals surface area contributed by atoms with Gasteiger partial charge < -0.3 is 23.7 Å². The predicted molar refractivity (Wildman–Crippen MR) is 390 cm³/mol. The maximum atomic E-state index is 13.5. The van der Waals surface area contributed by atoms with E-state index >= 15 is 0 Å². The first-order valence-corrected chi connectivity index (χ1v) is 37.1. The van der Waals surface area contributed by atoms with Crippen LogP contribution < -0.4 is 0 Å². The maximum absolute atomic E-state index is 13.5. The molecule has 5 saturated heterocycles. The number of allylic oxidation sites excluding steroid dienone is 8. The molecule has 520 valence electrons. The van der Waals surface area contributed by atoms with E-state index in [2.05, 4.69) is 239 Å². The van der Waals surface area contributed by atoms with Crippen LogP contribution in [0.25, 0.3) is 0 Å². The second kappa shape index (κ2) is 24.3. The van der Waals surface area contributed by atoms with E-state index in [-0.39, 0.29) is 51.7 Å². The fraction of sp³-hybridized carbons (Fsp3) is 0.659. The molecule has 18 rings (SSSR count). The van der Waals surface area contributed by atoms with E-state index in [0.717, 1.165) is 23.7 Å². The van der Waals surface area contributed by atoms with Crippen molar-refractivity contribution >= 4 is 0 Å². The third-order valence-corrected chi connectivity index (χ3v) is 29.3. The minimum absolute atomic E-state index is 0.0197. The first-order valence-electron chi connectivity index (χ1n) is 37.1. The van der Waals surface area contributed by atoms with Crippen LogP contribution >= 0.6 is 0 Å². The Hall–Kier alpha value is -4.24. The Bertz CT molecular complexity index is 3520. The molecule has 0 aromatic heterocycles. The van der Waals surface area contributed by atoms with Crippen molar-refractivity contribution in [1.82, 2.24) is 0 Å². The monoisotopic (exact) mass is 1300 g/mol. The average molecular weight is 1300 g/mol. The van der Waals surface area contributed by atoms with Crippen LogP contribution in [0.1, 0.15) is 305 Å². The topological polar surface area (TPSA) is 46.2 Å². The van der Waals surface area contributed by atoms with E-state index < -0.39 is 11.7 Å². The smallest absolute Gasteiger partial charge is 0.234 e. The number of benzene rings is 2. The highest BCUT2D eigenvalue weighted by molar-refractivity contribution is 5.61. The Balaban J connectivity index is 0.000000111. The SMILES string of the molecule is CC1=C(C)C2(C(C)(C)C)CCC1(C)O2.CC1=C(C)C2(C(C)(C)C)CCC1O2.CC1=C(C)C2(C)CC1(C)c1ccccc12.CC1=C(C)C2(C)CCC1(C)O2.CC1=C(C)C2(F)CCC1(F)O2.CC1=C(C)C2C=CC1C2.CC1=C(C)C2CC1c1ccccc12.CC1=C(C)C2CCC1O2. The summed E-state index contributed by atoms with van der Waals surface area (Å²) in [6.45, 7) is 60.0. The quantitative estimate of drug-likeness (QED) is 0.246. The molecule has 16 unspecified atom stereocenters. The van der Waals surface area contributed by atoms with E-state index in [9.17, 15) is 8.78 Å². The summed E-state index contributed by atoms with van der Waals surface area (Å²) in [6, 6.07) is 17.9. The Morgan fingerprint density at radius 3 is 1.07 bits per heavy atom. The van der Waals surface area contributed by atoms with E-state index in [4.69, 9.17) is 18.9 Å². The Morgan fingerprint density at radius 1 is 0.368 bits per heavy atom. The fourth-order valence-electron chi connectivity index (χ4n) is 20.9. The summed E-state index contributed by atoms with van der Waals surface area (Å²) in [4.78, 5) is 0. The van der Waals surface area contributed by atoms with Crippen LogP contribution in [0.2, 0.25) is 0 Å². The molecular weight excluding hydrogens is 1170 g/mol. The number of ether oxygens (including phenoxy) is 5. The molecule has 16 aliphatic rings. The number of hydrogen-bond acceptors (Lipinski definition) is 5. The largest absolute Gasteiger partial charge is 0.366 e. The summed E-state index contributed by atoms with van der Waals surface area (Å²) in [6.07, 6.45) is 20.2. The number of fused-ring (bicyclic) bond motifs is 22. The lowest BCUT2D eigenvalue weighted by Crippen LogP contribution is -2.42. The average Bonchev–Trinajstić information content (AvgIpc) is 1.54. The lowest BCUT2D eigenvalue weighted by molar-refractivity contribution is -0.167. The summed E-state index contributed by atoms with van der Waals surface area (Å²) in [5, 5.41) is 0. The maximum Gasteiger partial charge on any atom is 0.234 e. The van der Waals surface area contributed by atoms with Crippen LogP contribution in [0.5, 0.6) is 0 Å². The molecule has 7 heteroatoms. The third kappa shape index (κ3) is 11.3. The molecule has 0 spiro atoms. The predicted octanol–water partition coefficient (Wildman–Crippen LogP) is 24.1. The molecule has 0 N–H and O–H groups in total. The summed E-state index contributed by atoms with van der Waals surface area (Å²) >= 11 is 0. The van der Waals surface area contributed by atoms with Crippen LogP contribution in [0.15, 0.2) is 150 Å². The van der Waals surface area contributed by atoms with E-state index in [0.29, 0.717) is 40.3 Å². The summed E-state index contributed by atoms with van der Waals surface area (Å²) in [7, 11) is 0. The lowest BCUT2D eigenvalue weighted by Gasteiger charge is -2.40. The molecule has 95 heavy (non-hydrogen) atoms.